The smallest absolute Gasteiger partial charge is 0.238 e. The zero-order valence-corrected chi connectivity index (χ0v) is 5.39. The highest BCUT2D eigenvalue weighted by Gasteiger charge is 2.10. The summed E-state index contributed by atoms with van der Waals surface area (Å²) in [6.45, 7) is 1.25. The van der Waals surface area contributed by atoms with E-state index in [9.17, 15) is 4.79 Å². The summed E-state index contributed by atoms with van der Waals surface area (Å²) in [7, 11) is 1.72. The molecule has 1 saturated heterocycles. The second-order valence-corrected chi connectivity index (χ2v) is 2.00. The summed E-state index contributed by atoms with van der Waals surface area (Å²) in [6.07, 6.45) is 0. The quantitative estimate of drug-likeness (QED) is 0.456. The molecule has 1 amide bonds. The third-order valence-electron chi connectivity index (χ3n) is 1.19. The van der Waals surface area contributed by atoms with Gasteiger partial charge in [0.05, 0.1) is 13.3 Å². The van der Waals surface area contributed by atoms with Crippen molar-refractivity contribution in [2.75, 3.05) is 27.1 Å². The van der Waals surface area contributed by atoms with E-state index in [0.29, 0.717) is 20.0 Å². The van der Waals surface area contributed by atoms with Crippen LogP contribution in [0.15, 0.2) is 0 Å². The number of nitrogens with one attached hydrogen (secondary N) is 1. The second-order valence-electron chi connectivity index (χ2n) is 2.00. The van der Waals surface area contributed by atoms with Gasteiger partial charge in [0.15, 0.2) is 0 Å². The number of amides is 1. The molecule has 1 rings (SSSR count). The van der Waals surface area contributed by atoms with E-state index in [1.165, 1.54) is 0 Å². The monoisotopic (exact) mass is 130 g/mol. The summed E-state index contributed by atoms with van der Waals surface area (Å²) in [6, 6.07) is 0. The number of hydrogen-bond acceptors (Lipinski definition) is 3. The maximum atomic E-state index is 10.8. The molecule has 1 aliphatic rings. The molecule has 0 aromatic rings. The summed E-state index contributed by atoms with van der Waals surface area (Å²) >= 11 is 0. The van der Waals surface area contributed by atoms with Gasteiger partial charge in [0.1, 0.15) is 6.73 Å². The SMILES string of the molecule is CN1COCNCC1=O. The van der Waals surface area contributed by atoms with E-state index in [-0.39, 0.29) is 5.91 Å². The Bertz CT molecular complexity index is 116. The lowest BCUT2D eigenvalue weighted by atomic mass is 10.5. The van der Waals surface area contributed by atoms with Crippen molar-refractivity contribution in [3.8, 4) is 0 Å². The van der Waals surface area contributed by atoms with E-state index in [1.807, 2.05) is 0 Å². The van der Waals surface area contributed by atoms with E-state index in [0.717, 1.165) is 0 Å². The number of hydrogen-bond donors (Lipinski definition) is 1. The Morgan fingerprint density at radius 1 is 1.78 bits per heavy atom. The number of ether oxygens (including phenoxy) is 1. The fourth-order valence-electron chi connectivity index (χ4n) is 0.620. The number of rotatable bonds is 0. The van der Waals surface area contributed by atoms with E-state index in [2.05, 4.69) is 5.32 Å². The van der Waals surface area contributed by atoms with Gasteiger partial charge in [-0.2, -0.15) is 0 Å². The molecule has 0 spiro atoms. The van der Waals surface area contributed by atoms with Gasteiger partial charge < -0.3 is 9.64 Å². The molecule has 0 bridgehead atoms. The van der Waals surface area contributed by atoms with Gasteiger partial charge in [-0.3, -0.25) is 10.1 Å². The molecular weight excluding hydrogens is 120 g/mol. The molecule has 4 heteroatoms. The standard InChI is InChI=1S/C5H10N2O2/c1-7-4-9-3-6-2-5(7)8/h6H,2-4H2,1H3. The molecule has 1 fully saturated rings. The molecule has 0 radical (unpaired) electrons. The van der Waals surface area contributed by atoms with E-state index in [1.54, 1.807) is 11.9 Å². The van der Waals surface area contributed by atoms with Crippen molar-refractivity contribution in [1.29, 1.82) is 0 Å². The number of likely N-dealkylation sites (N-methyl/N-ethyl adjacent to an activating group) is 1. The minimum atomic E-state index is 0.0764. The zero-order chi connectivity index (χ0) is 6.69. The van der Waals surface area contributed by atoms with Crippen LogP contribution in [0.4, 0.5) is 0 Å². The molecule has 0 atom stereocenters. The Balaban J connectivity index is 2.41. The maximum absolute atomic E-state index is 10.8. The van der Waals surface area contributed by atoms with Gasteiger partial charge in [0.2, 0.25) is 5.91 Å². The van der Waals surface area contributed by atoms with Gasteiger partial charge in [0.25, 0.3) is 0 Å². The topological polar surface area (TPSA) is 41.6 Å². The van der Waals surface area contributed by atoms with Crippen LogP contribution in [0.25, 0.3) is 0 Å². The Labute approximate surface area is 53.8 Å². The Kier molecular flexibility index (Phi) is 2.02. The highest BCUT2D eigenvalue weighted by atomic mass is 16.5. The molecule has 1 heterocycles. The molecule has 1 aliphatic heterocycles. The molecule has 0 aliphatic carbocycles. The number of carbonyl (C=O) groups excluding carboxylic acids is 1. The van der Waals surface area contributed by atoms with Crippen LogP contribution in [0.3, 0.4) is 0 Å². The predicted octanol–water partition coefficient (Wildman–Crippen LogP) is -1.02. The largest absolute Gasteiger partial charge is 0.346 e. The lowest BCUT2D eigenvalue weighted by molar-refractivity contribution is -0.130. The molecule has 1 N–H and O–H groups in total. The Hall–Kier alpha value is -0.610. The first-order valence-electron chi connectivity index (χ1n) is 2.83. The van der Waals surface area contributed by atoms with Crippen molar-refractivity contribution in [3.63, 3.8) is 0 Å². The van der Waals surface area contributed by atoms with Crippen LogP contribution in [0.5, 0.6) is 0 Å². The second kappa shape index (κ2) is 2.80. The Morgan fingerprint density at radius 3 is 3.33 bits per heavy atom. The van der Waals surface area contributed by atoms with Crippen molar-refractivity contribution in [3.05, 3.63) is 0 Å². The van der Waals surface area contributed by atoms with Gasteiger partial charge in [-0.15, -0.1) is 0 Å². The minimum absolute atomic E-state index is 0.0764. The first kappa shape index (κ1) is 6.51. The van der Waals surface area contributed by atoms with Gasteiger partial charge >= 0.3 is 0 Å². The first-order chi connectivity index (χ1) is 4.30. The van der Waals surface area contributed by atoms with E-state index in [4.69, 9.17) is 4.74 Å². The molecule has 0 aromatic carbocycles. The maximum Gasteiger partial charge on any atom is 0.238 e. The van der Waals surface area contributed by atoms with Crippen LogP contribution in [0.1, 0.15) is 0 Å². The molecule has 0 saturated carbocycles. The highest BCUT2D eigenvalue weighted by Crippen LogP contribution is 1.87. The average molecular weight is 130 g/mol. The lowest BCUT2D eigenvalue weighted by Crippen LogP contribution is -2.31. The molecular formula is C5H10N2O2. The van der Waals surface area contributed by atoms with E-state index < -0.39 is 0 Å². The summed E-state index contributed by atoms with van der Waals surface area (Å²) in [5.74, 6) is 0.0764. The molecule has 0 aromatic heterocycles. The third-order valence-corrected chi connectivity index (χ3v) is 1.19. The van der Waals surface area contributed by atoms with Crippen molar-refractivity contribution in [2.45, 2.75) is 0 Å². The van der Waals surface area contributed by atoms with Gasteiger partial charge in [-0.1, -0.05) is 0 Å². The van der Waals surface area contributed by atoms with Crippen molar-refractivity contribution < 1.29 is 9.53 Å². The minimum Gasteiger partial charge on any atom is -0.346 e. The number of nitrogens with zero attached hydrogens (tertiary/aromatic N) is 1. The van der Waals surface area contributed by atoms with Crippen LogP contribution >= 0.6 is 0 Å². The van der Waals surface area contributed by atoms with Crippen LogP contribution in [0.2, 0.25) is 0 Å². The normalized spacial score (nSPS) is 21.9. The van der Waals surface area contributed by atoms with Crippen LogP contribution in [-0.2, 0) is 9.53 Å². The molecule has 4 nitrogen and oxygen atoms in total. The molecule has 0 unspecified atom stereocenters. The molecule has 52 valence electrons. The van der Waals surface area contributed by atoms with Gasteiger partial charge in [0, 0.05) is 7.05 Å². The van der Waals surface area contributed by atoms with Crippen LogP contribution in [0, 0.1) is 0 Å². The summed E-state index contributed by atoms with van der Waals surface area (Å²) in [5, 5.41) is 2.81. The summed E-state index contributed by atoms with van der Waals surface area (Å²) in [4.78, 5) is 12.3. The average Bonchev–Trinajstić information content (AvgIpc) is 1.99. The summed E-state index contributed by atoms with van der Waals surface area (Å²) in [5.41, 5.74) is 0. The van der Waals surface area contributed by atoms with E-state index >= 15 is 0 Å². The predicted molar refractivity (Wildman–Crippen MR) is 31.6 cm³/mol. The fraction of sp³-hybridized carbons (Fsp3) is 0.800. The lowest BCUT2D eigenvalue weighted by Gasteiger charge is -2.10. The van der Waals surface area contributed by atoms with Crippen molar-refractivity contribution in [2.24, 2.45) is 0 Å². The zero-order valence-electron chi connectivity index (χ0n) is 5.39. The number of carbonyl (C=O) groups is 1. The molecule has 9 heavy (non-hydrogen) atoms. The fourth-order valence-corrected chi connectivity index (χ4v) is 0.620. The van der Waals surface area contributed by atoms with Crippen molar-refractivity contribution in [1.82, 2.24) is 10.2 Å². The van der Waals surface area contributed by atoms with Crippen LogP contribution in [-0.4, -0.2) is 37.9 Å². The van der Waals surface area contributed by atoms with Gasteiger partial charge in [-0.25, -0.2) is 0 Å². The third kappa shape index (κ3) is 1.65. The van der Waals surface area contributed by atoms with Crippen molar-refractivity contribution >= 4 is 5.91 Å². The highest BCUT2D eigenvalue weighted by molar-refractivity contribution is 5.77. The first-order valence-corrected chi connectivity index (χ1v) is 2.83. The van der Waals surface area contributed by atoms with Crippen LogP contribution < -0.4 is 5.32 Å². The Morgan fingerprint density at radius 2 is 2.56 bits per heavy atom. The summed E-state index contributed by atoms with van der Waals surface area (Å²) < 4.78 is 4.97. The van der Waals surface area contributed by atoms with Gasteiger partial charge in [-0.05, 0) is 0 Å².